The van der Waals surface area contributed by atoms with E-state index in [9.17, 15) is 27.9 Å². The molecule has 2 aromatic rings. The Morgan fingerprint density at radius 2 is 1.74 bits per heavy atom. The molecule has 3 aliphatic rings. The van der Waals surface area contributed by atoms with Crippen molar-refractivity contribution in [2.75, 3.05) is 11.9 Å². The van der Waals surface area contributed by atoms with E-state index in [2.05, 4.69) is 20.6 Å². The van der Waals surface area contributed by atoms with E-state index in [4.69, 9.17) is 0 Å². The molecule has 0 unspecified atom stereocenters. The first-order chi connectivity index (χ1) is 17.9. The van der Waals surface area contributed by atoms with E-state index in [1.54, 1.807) is 4.90 Å². The summed E-state index contributed by atoms with van der Waals surface area (Å²) < 4.78 is 43.0. The van der Waals surface area contributed by atoms with Gasteiger partial charge in [0.2, 0.25) is 0 Å². The van der Waals surface area contributed by atoms with E-state index in [-0.39, 0.29) is 51.6 Å². The van der Waals surface area contributed by atoms with Crippen LogP contribution in [0, 0.1) is 0 Å². The number of rotatable bonds is 7. The summed E-state index contributed by atoms with van der Waals surface area (Å²) in [5.41, 5.74) is -2.56. The van der Waals surface area contributed by atoms with Crippen molar-refractivity contribution in [3.8, 4) is 10.4 Å². The number of hydrogen-bond acceptors (Lipinski definition) is 7. The Hall–Kier alpha value is -2.73. The van der Waals surface area contributed by atoms with Gasteiger partial charge in [-0.1, -0.05) is 12.8 Å². The first kappa shape index (κ1) is 26.9. The van der Waals surface area contributed by atoms with Gasteiger partial charge in [0.15, 0.2) is 5.01 Å². The number of carbonyl (C=O) groups excluding carboxylic acids is 2. The van der Waals surface area contributed by atoms with Gasteiger partial charge in [0.25, 0.3) is 11.8 Å². The fourth-order valence-corrected chi connectivity index (χ4v) is 6.71. The standard InChI is InChI=1S/C26H32F3N5O3S/c1-25(2,37)13-31-22(35)23-33-20(24(36)34-15-7-8-16(34)10-9-15)21(38-23)17-12-30-19(11-18(17)26(27,28)29)32-14-5-3-4-6-14/h11-12,14-16,37H,3-10,13H2,1-2H3,(H,30,32)(H,31,35)/t15-,16+. The van der Waals surface area contributed by atoms with Crippen molar-refractivity contribution in [2.45, 2.75) is 95.1 Å². The molecule has 5 rings (SSSR count). The Morgan fingerprint density at radius 1 is 1.11 bits per heavy atom. The van der Waals surface area contributed by atoms with E-state index in [1.165, 1.54) is 13.8 Å². The van der Waals surface area contributed by atoms with Gasteiger partial charge in [-0.05, 0) is 58.4 Å². The van der Waals surface area contributed by atoms with E-state index in [0.717, 1.165) is 75.0 Å². The summed E-state index contributed by atoms with van der Waals surface area (Å²) in [7, 11) is 0. The van der Waals surface area contributed by atoms with Crippen LogP contribution in [0.3, 0.4) is 0 Å². The molecule has 1 aliphatic carbocycles. The number of fused-ring (bicyclic) bond motifs is 2. The molecule has 2 aromatic heterocycles. The first-order valence-electron chi connectivity index (χ1n) is 13.1. The molecule has 12 heteroatoms. The third-order valence-electron chi connectivity index (χ3n) is 7.55. The Bertz CT molecular complexity index is 1200. The lowest BCUT2D eigenvalue weighted by molar-refractivity contribution is -0.137. The van der Waals surface area contributed by atoms with Gasteiger partial charge in [0.05, 0.1) is 16.0 Å². The zero-order valence-corrected chi connectivity index (χ0v) is 22.2. The quantitative estimate of drug-likeness (QED) is 0.454. The average Bonchev–Trinajstić information content (AvgIpc) is 3.65. The number of pyridine rings is 1. The maximum absolute atomic E-state index is 14.3. The van der Waals surface area contributed by atoms with E-state index >= 15 is 0 Å². The predicted octanol–water partition coefficient (Wildman–Crippen LogP) is 4.85. The van der Waals surface area contributed by atoms with Crippen molar-refractivity contribution in [2.24, 2.45) is 0 Å². The lowest BCUT2D eigenvalue weighted by atomic mass is 10.0. The Kier molecular flexibility index (Phi) is 7.14. The SMILES string of the molecule is CC(C)(O)CNC(=O)c1nc(C(=O)N2[C@H]3CC[C@@H]2CC3)c(-c2cnc(NC3CCCC3)cc2C(F)(F)F)s1. The van der Waals surface area contributed by atoms with E-state index in [0.29, 0.717) is 0 Å². The molecule has 0 spiro atoms. The van der Waals surface area contributed by atoms with Gasteiger partial charge in [0, 0.05) is 36.4 Å². The highest BCUT2D eigenvalue weighted by Gasteiger charge is 2.45. The van der Waals surface area contributed by atoms with E-state index in [1.807, 2.05) is 0 Å². The fourth-order valence-electron chi connectivity index (χ4n) is 5.71. The van der Waals surface area contributed by atoms with Crippen LogP contribution in [0.1, 0.15) is 91.1 Å². The number of thiazole rings is 1. The lowest BCUT2D eigenvalue weighted by Gasteiger charge is -2.22. The number of aromatic nitrogens is 2. The van der Waals surface area contributed by atoms with E-state index < -0.39 is 29.2 Å². The number of carbonyl (C=O) groups is 2. The van der Waals surface area contributed by atoms with Crippen molar-refractivity contribution >= 4 is 29.0 Å². The number of halogens is 3. The normalized spacial score (nSPS) is 21.8. The number of anilines is 1. The van der Waals surface area contributed by atoms with Crippen LogP contribution >= 0.6 is 11.3 Å². The Labute approximate surface area is 223 Å². The molecule has 38 heavy (non-hydrogen) atoms. The van der Waals surface area contributed by atoms with Crippen LogP contribution in [0.15, 0.2) is 12.3 Å². The summed E-state index contributed by atoms with van der Waals surface area (Å²) in [6.07, 6.45) is 3.61. The highest BCUT2D eigenvalue weighted by Crippen LogP contribution is 2.44. The highest BCUT2D eigenvalue weighted by atomic mass is 32.1. The summed E-state index contributed by atoms with van der Waals surface area (Å²) in [4.78, 5) is 36.8. The molecule has 0 radical (unpaired) electrons. The van der Waals surface area contributed by atoms with Crippen LogP contribution in [-0.4, -0.2) is 62.1 Å². The molecule has 0 atom stereocenters. The summed E-state index contributed by atoms with van der Waals surface area (Å²) in [6.45, 7) is 2.94. The molecular formula is C26H32F3N5O3S. The number of nitrogens with one attached hydrogen (secondary N) is 2. The zero-order valence-electron chi connectivity index (χ0n) is 21.4. The van der Waals surface area contributed by atoms with Crippen LogP contribution in [0.25, 0.3) is 10.4 Å². The molecule has 2 bridgehead atoms. The second kappa shape index (κ2) is 10.1. The van der Waals surface area contributed by atoms with Gasteiger partial charge < -0.3 is 20.6 Å². The van der Waals surface area contributed by atoms with Gasteiger partial charge in [-0.25, -0.2) is 9.97 Å². The largest absolute Gasteiger partial charge is 0.417 e. The number of hydrogen-bond donors (Lipinski definition) is 3. The average molecular weight is 552 g/mol. The molecular weight excluding hydrogens is 519 g/mol. The smallest absolute Gasteiger partial charge is 0.389 e. The number of aliphatic hydroxyl groups is 1. The second-order valence-corrected chi connectivity index (χ2v) is 12.1. The maximum Gasteiger partial charge on any atom is 0.417 e. The minimum atomic E-state index is -4.72. The van der Waals surface area contributed by atoms with Crippen LogP contribution in [0.5, 0.6) is 0 Å². The van der Waals surface area contributed by atoms with Crippen molar-refractivity contribution in [1.29, 1.82) is 0 Å². The molecule has 3 N–H and O–H groups in total. The molecule has 0 aromatic carbocycles. The van der Waals surface area contributed by atoms with Crippen molar-refractivity contribution in [1.82, 2.24) is 20.2 Å². The van der Waals surface area contributed by atoms with Crippen molar-refractivity contribution in [3.05, 3.63) is 28.5 Å². The third-order valence-corrected chi connectivity index (χ3v) is 8.64. The summed E-state index contributed by atoms with van der Waals surface area (Å²) in [5, 5.41) is 15.5. The number of amides is 2. The van der Waals surface area contributed by atoms with Gasteiger partial charge in [-0.2, -0.15) is 13.2 Å². The van der Waals surface area contributed by atoms with Gasteiger partial charge in [0.1, 0.15) is 11.5 Å². The minimum absolute atomic E-state index is 0.0260. The van der Waals surface area contributed by atoms with Crippen LogP contribution < -0.4 is 10.6 Å². The summed E-state index contributed by atoms with van der Waals surface area (Å²) in [5.74, 6) is -0.988. The second-order valence-electron chi connectivity index (χ2n) is 11.1. The molecule has 8 nitrogen and oxygen atoms in total. The van der Waals surface area contributed by atoms with Crippen molar-refractivity contribution in [3.63, 3.8) is 0 Å². The minimum Gasteiger partial charge on any atom is -0.389 e. The lowest BCUT2D eigenvalue weighted by Crippen LogP contribution is -2.38. The molecule has 2 aliphatic heterocycles. The Morgan fingerprint density at radius 3 is 2.32 bits per heavy atom. The Balaban J connectivity index is 1.55. The van der Waals surface area contributed by atoms with Crippen molar-refractivity contribution < 1.29 is 27.9 Å². The summed E-state index contributed by atoms with van der Waals surface area (Å²) in [6, 6.07) is 1.13. The zero-order chi connectivity index (χ0) is 27.2. The molecule has 2 saturated heterocycles. The third kappa shape index (κ3) is 5.51. The topological polar surface area (TPSA) is 107 Å². The molecule has 206 valence electrons. The molecule has 4 heterocycles. The van der Waals surface area contributed by atoms with Gasteiger partial charge in [-0.3, -0.25) is 9.59 Å². The van der Waals surface area contributed by atoms with Gasteiger partial charge in [-0.15, -0.1) is 11.3 Å². The first-order valence-corrected chi connectivity index (χ1v) is 13.9. The number of nitrogens with zero attached hydrogens (tertiary/aromatic N) is 3. The molecule has 3 fully saturated rings. The summed E-state index contributed by atoms with van der Waals surface area (Å²) >= 11 is 0.738. The highest BCUT2D eigenvalue weighted by molar-refractivity contribution is 7.17. The van der Waals surface area contributed by atoms with Crippen LogP contribution in [0.2, 0.25) is 0 Å². The fraction of sp³-hybridized carbons (Fsp3) is 0.615. The predicted molar refractivity (Wildman–Crippen MR) is 137 cm³/mol. The molecule has 2 amide bonds. The molecule has 1 saturated carbocycles. The van der Waals surface area contributed by atoms with Crippen LogP contribution in [0.4, 0.5) is 19.0 Å². The van der Waals surface area contributed by atoms with Crippen LogP contribution in [-0.2, 0) is 6.18 Å². The van der Waals surface area contributed by atoms with Gasteiger partial charge >= 0.3 is 6.18 Å². The monoisotopic (exact) mass is 551 g/mol. The maximum atomic E-state index is 14.3. The number of alkyl halides is 3.